The van der Waals surface area contributed by atoms with Gasteiger partial charge in [0, 0.05) is 7.11 Å². The molecule has 0 aromatic heterocycles. The van der Waals surface area contributed by atoms with Crippen LogP contribution in [0.3, 0.4) is 0 Å². The molecule has 66 valence electrons. The quantitative estimate of drug-likeness (QED) is 0.573. The van der Waals surface area contributed by atoms with Crippen LogP contribution in [0.15, 0.2) is 24.3 Å². The van der Waals surface area contributed by atoms with E-state index in [9.17, 15) is 4.79 Å². The molecule has 0 radical (unpaired) electrons. The van der Waals surface area contributed by atoms with E-state index in [-0.39, 0.29) is 0 Å². The van der Waals surface area contributed by atoms with Crippen molar-refractivity contribution >= 4 is 5.91 Å². The zero-order valence-corrected chi connectivity index (χ0v) is 6.86. The number of amides is 1. The molecule has 0 fully saturated rings. The lowest BCUT2D eigenvalue weighted by Gasteiger charge is -2.31. The largest absolute Gasteiger partial charge is 0.367 e. The van der Waals surface area contributed by atoms with Crippen molar-refractivity contribution in [3.05, 3.63) is 24.3 Å². The number of ether oxygens (including phenoxy) is 1. The van der Waals surface area contributed by atoms with Crippen molar-refractivity contribution in [1.29, 1.82) is 0 Å². The second-order valence-electron chi connectivity index (χ2n) is 2.63. The summed E-state index contributed by atoms with van der Waals surface area (Å²) in [6, 6.07) is -0.509. The highest BCUT2D eigenvalue weighted by atomic mass is 16.5. The van der Waals surface area contributed by atoms with E-state index in [0.717, 1.165) is 0 Å². The van der Waals surface area contributed by atoms with Crippen LogP contribution >= 0.6 is 0 Å². The summed E-state index contributed by atoms with van der Waals surface area (Å²) in [6.07, 6.45) is 6.69. The maximum atomic E-state index is 11.0. The molecule has 1 aliphatic rings. The fraction of sp³-hybridized carbons (Fsp3) is 0.375. The summed E-state index contributed by atoms with van der Waals surface area (Å²) in [5, 5.41) is 0. The van der Waals surface area contributed by atoms with Gasteiger partial charge in [0.25, 0.3) is 5.91 Å². The van der Waals surface area contributed by atoms with E-state index >= 15 is 0 Å². The molecule has 0 heterocycles. The molecule has 0 aromatic rings. The van der Waals surface area contributed by atoms with Crippen molar-refractivity contribution in [3.8, 4) is 0 Å². The molecule has 0 bridgehead atoms. The van der Waals surface area contributed by atoms with Gasteiger partial charge >= 0.3 is 0 Å². The van der Waals surface area contributed by atoms with Crippen LogP contribution in [0, 0.1) is 0 Å². The standard InChI is InChI=1S/C8H12N2O2/c1-12-8(7(10)11)5-3-2-4-6(8)9/h2-6H,9H2,1H3,(H2,10,11). The molecule has 0 aromatic carbocycles. The van der Waals surface area contributed by atoms with Crippen molar-refractivity contribution in [3.63, 3.8) is 0 Å². The number of methoxy groups -OCH3 is 1. The number of nitrogens with two attached hydrogens (primary N) is 2. The summed E-state index contributed by atoms with van der Waals surface area (Å²) < 4.78 is 5.01. The minimum atomic E-state index is -1.17. The highest BCUT2D eigenvalue weighted by Gasteiger charge is 2.40. The van der Waals surface area contributed by atoms with Crippen molar-refractivity contribution in [2.24, 2.45) is 11.5 Å². The number of carbonyl (C=O) groups is 1. The monoisotopic (exact) mass is 168 g/mol. The number of hydrogen-bond donors (Lipinski definition) is 2. The average Bonchev–Trinajstić information content (AvgIpc) is 2.05. The third-order valence-electron chi connectivity index (χ3n) is 1.99. The highest BCUT2D eigenvalue weighted by molar-refractivity contribution is 5.87. The molecule has 1 rings (SSSR count). The van der Waals surface area contributed by atoms with E-state index in [2.05, 4.69) is 0 Å². The van der Waals surface area contributed by atoms with Gasteiger partial charge in [-0.15, -0.1) is 0 Å². The minimum absolute atomic E-state index is 0.509. The molecular formula is C8H12N2O2. The molecule has 4 N–H and O–H groups in total. The van der Waals surface area contributed by atoms with Crippen LogP contribution in [-0.4, -0.2) is 24.7 Å². The molecule has 4 nitrogen and oxygen atoms in total. The Morgan fingerprint density at radius 1 is 1.58 bits per heavy atom. The molecule has 1 amide bonds. The third kappa shape index (κ3) is 1.15. The first-order valence-corrected chi connectivity index (χ1v) is 3.60. The first kappa shape index (κ1) is 8.96. The number of carbonyl (C=O) groups excluding carboxylic acids is 1. The number of allylic oxidation sites excluding steroid dienone is 2. The van der Waals surface area contributed by atoms with Crippen LogP contribution in [0.5, 0.6) is 0 Å². The number of primary amides is 1. The zero-order chi connectivity index (χ0) is 9.19. The smallest absolute Gasteiger partial charge is 0.255 e. The van der Waals surface area contributed by atoms with Gasteiger partial charge in [-0.2, -0.15) is 0 Å². The van der Waals surface area contributed by atoms with E-state index in [0.29, 0.717) is 0 Å². The topological polar surface area (TPSA) is 78.3 Å². The molecule has 2 atom stereocenters. The predicted octanol–water partition coefficient (Wildman–Crippen LogP) is -0.690. The van der Waals surface area contributed by atoms with Gasteiger partial charge in [0.2, 0.25) is 0 Å². The van der Waals surface area contributed by atoms with Gasteiger partial charge < -0.3 is 16.2 Å². The van der Waals surface area contributed by atoms with E-state index in [1.807, 2.05) is 0 Å². The van der Waals surface area contributed by atoms with Crippen molar-refractivity contribution in [1.82, 2.24) is 0 Å². The van der Waals surface area contributed by atoms with Crippen molar-refractivity contribution < 1.29 is 9.53 Å². The van der Waals surface area contributed by atoms with Crippen LogP contribution in [0.4, 0.5) is 0 Å². The normalized spacial score (nSPS) is 33.7. The Hall–Kier alpha value is -1.13. The lowest BCUT2D eigenvalue weighted by atomic mass is 9.90. The Morgan fingerprint density at radius 3 is 2.58 bits per heavy atom. The van der Waals surface area contributed by atoms with Gasteiger partial charge in [-0.3, -0.25) is 4.79 Å². The van der Waals surface area contributed by atoms with E-state index < -0.39 is 17.6 Å². The molecular weight excluding hydrogens is 156 g/mol. The van der Waals surface area contributed by atoms with Crippen LogP contribution in [-0.2, 0) is 9.53 Å². The maximum Gasteiger partial charge on any atom is 0.255 e. The third-order valence-corrected chi connectivity index (χ3v) is 1.99. The molecule has 0 aliphatic heterocycles. The van der Waals surface area contributed by atoms with Crippen LogP contribution in [0.2, 0.25) is 0 Å². The molecule has 1 aliphatic carbocycles. The molecule has 12 heavy (non-hydrogen) atoms. The molecule has 0 saturated carbocycles. The summed E-state index contributed by atoms with van der Waals surface area (Å²) >= 11 is 0. The first-order valence-electron chi connectivity index (χ1n) is 3.60. The highest BCUT2D eigenvalue weighted by Crippen LogP contribution is 2.20. The summed E-state index contributed by atoms with van der Waals surface area (Å²) in [4.78, 5) is 11.0. The van der Waals surface area contributed by atoms with E-state index in [4.69, 9.17) is 16.2 Å². The van der Waals surface area contributed by atoms with Crippen molar-refractivity contribution in [2.75, 3.05) is 7.11 Å². The summed E-state index contributed by atoms with van der Waals surface area (Å²) in [5.41, 5.74) is 9.66. The SMILES string of the molecule is COC1(C(N)=O)C=CC=CC1N. The summed E-state index contributed by atoms with van der Waals surface area (Å²) in [7, 11) is 1.41. The predicted molar refractivity (Wildman–Crippen MR) is 45.2 cm³/mol. The van der Waals surface area contributed by atoms with Crippen molar-refractivity contribution in [2.45, 2.75) is 11.6 Å². The Morgan fingerprint density at radius 2 is 2.25 bits per heavy atom. The Labute approximate surface area is 70.9 Å². The summed E-state index contributed by atoms with van der Waals surface area (Å²) in [5.74, 6) is -0.571. The zero-order valence-electron chi connectivity index (χ0n) is 6.86. The number of hydrogen-bond acceptors (Lipinski definition) is 3. The first-order chi connectivity index (χ1) is 5.63. The molecule has 0 spiro atoms. The molecule has 2 unspecified atom stereocenters. The van der Waals surface area contributed by atoms with Gasteiger partial charge in [-0.05, 0) is 6.08 Å². The molecule has 0 saturated heterocycles. The van der Waals surface area contributed by atoms with E-state index in [1.165, 1.54) is 7.11 Å². The lowest BCUT2D eigenvalue weighted by molar-refractivity contribution is -0.135. The lowest BCUT2D eigenvalue weighted by Crippen LogP contribution is -2.56. The fourth-order valence-electron chi connectivity index (χ4n) is 1.19. The van der Waals surface area contributed by atoms with Gasteiger partial charge in [0.05, 0.1) is 6.04 Å². The van der Waals surface area contributed by atoms with Crippen LogP contribution in [0.1, 0.15) is 0 Å². The Bertz CT molecular complexity index is 247. The minimum Gasteiger partial charge on any atom is -0.367 e. The van der Waals surface area contributed by atoms with Gasteiger partial charge in [0.15, 0.2) is 5.60 Å². The van der Waals surface area contributed by atoms with Gasteiger partial charge in [0.1, 0.15) is 0 Å². The number of rotatable bonds is 2. The fourth-order valence-corrected chi connectivity index (χ4v) is 1.19. The van der Waals surface area contributed by atoms with E-state index in [1.54, 1.807) is 24.3 Å². The van der Waals surface area contributed by atoms with Gasteiger partial charge in [-0.25, -0.2) is 0 Å². The Kier molecular flexibility index (Phi) is 2.30. The van der Waals surface area contributed by atoms with Crippen LogP contribution < -0.4 is 11.5 Å². The molecule has 4 heteroatoms. The Balaban J connectivity index is 3.00. The second-order valence-corrected chi connectivity index (χ2v) is 2.63. The summed E-state index contributed by atoms with van der Waals surface area (Å²) in [6.45, 7) is 0. The second kappa shape index (κ2) is 3.08. The van der Waals surface area contributed by atoms with Gasteiger partial charge in [-0.1, -0.05) is 18.2 Å². The van der Waals surface area contributed by atoms with Crippen LogP contribution in [0.25, 0.3) is 0 Å². The maximum absolute atomic E-state index is 11.0. The average molecular weight is 168 g/mol.